The van der Waals surface area contributed by atoms with E-state index in [4.69, 9.17) is 16.3 Å². The molecule has 1 aliphatic heterocycles. The largest absolute Gasteiger partial charge is 0.490 e. The summed E-state index contributed by atoms with van der Waals surface area (Å²) in [6.45, 7) is 3.23. The lowest BCUT2D eigenvalue weighted by Crippen LogP contribution is -2.33. The molecule has 2 N–H and O–H groups in total. The molecule has 0 radical (unpaired) electrons. The fraction of sp³-hybridized carbons (Fsp3) is 0.462. The Bertz CT molecular complexity index is 467. The Balaban J connectivity index is 2.10. The van der Waals surface area contributed by atoms with Gasteiger partial charge in [-0.3, -0.25) is 0 Å². The summed E-state index contributed by atoms with van der Waals surface area (Å²) in [7, 11) is 0. The molecule has 0 unspecified atom stereocenters. The molecule has 0 saturated carbocycles. The highest BCUT2D eigenvalue weighted by Gasteiger charge is 2.25. The molecule has 5 nitrogen and oxygen atoms in total. The third-order valence-electron chi connectivity index (χ3n) is 2.95. The zero-order valence-electron chi connectivity index (χ0n) is 10.7. The van der Waals surface area contributed by atoms with Crippen LogP contribution in [-0.4, -0.2) is 41.8 Å². The van der Waals surface area contributed by atoms with Crippen molar-refractivity contribution in [1.29, 1.82) is 0 Å². The zero-order chi connectivity index (χ0) is 13.8. The third-order valence-corrected chi connectivity index (χ3v) is 3.25. The summed E-state index contributed by atoms with van der Waals surface area (Å²) in [6, 6.07) is 4.95. The van der Waals surface area contributed by atoms with E-state index in [0.717, 1.165) is 0 Å². The first-order valence-electron chi connectivity index (χ1n) is 6.27. The Morgan fingerprint density at radius 3 is 3.05 bits per heavy atom. The van der Waals surface area contributed by atoms with Crippen LogP contribution in [0.3, 0.4) is 0 Å². The molecule has 2 rings (SSSR count). The lowest BCUT2D eigenvalue weighted by atomic mass is 10.3. The minimum atomic E-state index is -0.434. The summed E-state index contributed by atoms with van der Waals surface area (Å²) >= 11 is 6.04. The highest BCUT2D eigenvalue weighted by Crippen LogP contribution is 2.33. The van der Waals surface area contributed by atoms with Crippen LogP contribution in [0.2, 0.25) is 5.02 Å². The summed E-state index contributed by atoms with van der Waals surface area (Å²) in [5.74, 6) is 0.472. The number of nitrogens with one attached hydrogen (secondary N) is 1. The topological polar surface area (TPSA) is 61.8 Å². The number of rotatable bonds is 3. The van der Waals surface area contributed by atoms with Gasteiger partial charge in [0.1, 0.15) is 0 Å². The van der Waals surface area contributed by atoms with Gasteiger partial charge in [0.05, 0.1) is 23.4 Å². The minimum absolute atomic E-state index is 0.250. The number of aliphatic hydroxyl groups excluding tert-OH is 1. The molecule has 0 bridgehead atoms. The van der Waals surface area contributed by atoms with Gasteiger partial charge in [-0.15, -0.1) is 0 Å². The minimum Gasteiger partial charge on any atom is -0.490 e. The zero-order valence-corrected chi connectivity index (χ0v) is 11.5. The molecule has 1 aliphatic rings. The normalized spacial score (nSPS) is 18.5. The van der Waals surface area contributed by atoms with Gasteiger partial charge in [-0.2, -0.15) is 0 Å². The van der Waals surface area contributed by atoms with Crippen molar-refractivity contribution in [3.8, 4) is 5.75 Å². The smallest absolute Gasteiger partial charge is 0.322 e. The van der Waals surface area contributed by atoms with Crippen LogP contribution in [0.1, 0.15) is 13.3 Å². The second-order valence-electron chi connectivity index (χ2n) is 4.37. The molecule has 104 valence electrons. The molecule has 1 heterocycles. The number of aliphatic hydroxyl groups is 1. The predicted molar refractivity (Wildman–Crippen MR) is 73.8 cm³/mol. The summed E-state index contributed by atoms with van der Waals surface area (Å²) in [5.41, 5.74) is 0.542. The Hall–Kier alpha value is -1.46. The number of β-amino-alcohol motifs (C(OH)–C–C–N with tert-alkyl or cyclic N) is 1. The number of halogens is 1. The Kier molecular flexibility index (Phi) is 4.50. The number of amides is 2. The van der Waals surface area contributed by atoms with Gasteiger partial charge in [-0.1, -0.05) is 17.7 Å². The van der Waals surface area contributed by atoms with Crippen LogP contribution in [0, 0.1) is 0 Å². The number of para-hydroxylation sites is 1. The van der Waals surface area contributed by atoms with Gasteiger partial charge in [-0.25, -0.2) is 4.79 Å². The molecular weight excluding hydrogens is 268 g/mol. The third kappa shape index (κ3) is 3.30. The number of nitrogens with zero attached hydrogens (tertiary/aromatic N) is 1. The van der Waals surface area contributed by atoms with Gasteiger partial charge in [0.2, 0.25) is 0 Å². The Labute approximate surface area is 117 Å². The first-order chi connectivity index (χ1) is 9.11. The highest BCUT2D eigenvalue weighted by atomic mass is 35.5. The quantitative estimate of drug-likeness (QED) is 0.895. The second-order valence-corrected chi connectivity index (χ2v) is 4.78. The summed E-state index contributed by atoms with van der Waals surface area (Å²) in [5, 5.41) is 12.7. The Morgan fingerprint density at radius 2 is 2.42 bits per heavy atom. The van der Waals surface area contributed by atoms with Gasteiger partial charge < -0.3 is 20.1 Å². The maximum Gasteiger partial charge on any atom is 0.322 e. The van der Waals surface area contributed by atoms with Crippen molar-refractivity contribution in [2.45, 2.75) is 19.4 Å². The van der Waals surface area contributed by atoms with Crippen LogP contribution in [-0.2, 0) is 0 Å². The average Bonchev–Trinajstić information content (AvgIpc) is 2.80. The van der Waals surface area contributed by atoms with E-state index in [1.807, 2.05) is 6.92 Å². The van der Waals surface area contributed by atoms with E-state index in [-0.39, 0.29) is 6.03 Å². The first-order valence-corrected chi connectivity index (χ1v) is 6.65. The molecule has 1 fully saturated rings. The van der Waals surface area contributed by atoms with Crippen LogP contribution in [0.5, 0.6) is 5.75 Å². The molecule has 1 aromatic rings. The van der Waals surface area contributed by atoms with Gasteiger partial charge in [0.15, 0.2) is 5.75 Å². The van der Waals surface area contributed by atoms with Crippen LogP contribution in [0.25, 0.3) is 0 Å². The molecule has 0 aromatic heterocycles. The van der Waals surface area contributed by atoms with Crippen molar-refractivity contribution in [2.75, 3.05) is 25.0 Å². The van der Waals surface area contributed by atoms with E-state index in [1.165, 1.54) is 0 Å². The molecule has 1 atom stereocenters. The average molecular weight is 285 g/mol. The molecular formula is C13H17ClN2O3. The number of urea groups is 1. The fourth-order valence-electron chi connectivity index (χ4n) is 2.02. The SMILES string of the molecule is CCOc1c(Cl)cccc1NC(=O)N1CC[C@@H](O)C1. The Morgan fingerprint density at radius 1 is 1.63 bits per heavy atom. The van der Waals surface area contributed by atoms with E-state index in [0.29, 0.717) is 42.6 Å². The highest BCUT2D eigenvalue weighted by molar-refractivity contribution is 6.32. The van der Waals surface area contributed by atoms with Crippen molar-refractivity contribution >= 4 is 23.3 Å². The van der Waals surface area contributed by atoms with E-state index >= 15 is 0 Å². The number of carbonyl (C=O) groups excluding carboxylic acids is 1. The molecule has 2 amide bonds. The monoisotopic (exact) mass is 284 g/mol. The molecule has 0 aliphatic carbocycles. The van der Waals surface area contributed by atoms with Crippen molar-refractivity contribution < 1.29 is 14.6 Å². The summed E-state index contributed by atoms with van der Waals surface area (Å²) in [4.78, 5) is 13.6. The lowest BCUT2D eigenvalue weighted by Gasteiger charge is -2.18. The van der Waals surface area contributed by atoms with Gasteiger partial charge in [0, 0.05) is 13.1 Å². The van der Waals surface area contributed by atoms with Crippen LogP contribution in [0.15, 0.2) is 18.2 Å². The van der Waals surface area contributed by atoms with Crippen molar-refractivity contribution in [1.82, 2.24) is 4.90 Å². The van der Waals surface area contributed by atoms with Crippen molar-refractivity contribution in [2.24, 2.45) is 0 Å². The maximum absolute atomic E-state index is 12.0. The number of hydrogen-bond donors (Lipinski definition) is 2. The molecule has 1 saturated heterocycles. The fourth-order valence-corrected chi connectivity index (χ4v) is 2.25. The van der Waals surface area contributed by atoms with E-state index in [1.54, 1.807) is 23.1 Å². The van der Waals surface area contributed by atoms with E-state index in [9.17, 15) is 9.90 Å². The number of carbonyl (C=O) groups is 1. The number of ether oxygens (including phenoxy) is 1. The van der Waals surface area contributed by atoms with Crippen LogP contribution in [0.4, 0.5) is 10.5 Å². The molecule has 19 heavy (non-hydrogen) atoms. The van der Waals surface area contributed by atoms with Crippen LogP contribution < -0.4 is 10.1 Å². The van der Waals surface area contributed by atoms with E-state index < -0.39 is 6.10 Å². The number of benzene rings is 1. The van der Waals surface area contributed by atoms with Gasteiger partial charge in [0.25, 0.3) is 0 Å². The lowest BCUT2D eigenvalue weighted by molar-refractivity contribution is 0.176. The number of likely N-dealkylation sites (tertiary alicyclic amines) is 1. The molecule has 1 aromatic carbocycles. The van der Waals surface area contributed by atoms with Gasteiger partial charge in [-0.05, 0) is 25.5 Å². The van der Waals surface area contributed by atoms with E-state index in [2.05, 4.69) is 5.32 Å². The molecule has 6 heteroatoms. The second kappa shape index (κ2) is 6.12. The summed E-state index contributed by atoms with van der Waals surface area (Å²) in [6.07, 6.45) is 0.179. The van der Waals surface area contributed by atoms with Crippen LogP contribution >= 0.6 is 11.6 Å². The van der Waals surface area contributed by atoms with Crippen molar-refractivity contribution in [3.05, 3.63) is 23.2 Å². The maximum atomic E-state index is 12.0. The predicted octanol–water partition coefficient (Wildman–Crippen LogP) is 2.34. The number of hydrogen-bond acceptors (Lipinski definition) is 3. The van der Waals surface area contributed by atoms with Crippen molar-refractivity contribution in [3.63, 3.8) is 0 Å². The summed E-state index contributed by atoms with van der Waals surface area (Å²) < 4.78 is 5.44. The van der Waals surface area contributed by atoms with Gasteiger partial charge >= 0.3 is 6.03 Å². The standard InChI is InChI=1S/C13H17ClN2O3/c1-2-19-12-10(14)4-3-5-11(12)15-13(18)16-7-6-9(17)8-16/h3-5,9,17H,2,6-8H2,1H3,(H,15,18)/t9-/m1/s1. The number of anilines is 1. The first kappa shape index (κ1) is 14.0. The molecule has 0 spiro atoms.